The maximum Gasteiger partial charge on any atom is 0.242 e. The molecule has 40 heavy (non-hydrogen) atoms. The summed E-state index contributed by atoms with van der Waals surface area (Å²) in [6, 6.07) is 13.2. The predicted molar refractivity (Wildman–Crippen MR) is 157 cm³/mol. The van der Waals surface area contributed by atoms with Crippen LogP contribution in [0.25, 0.3) is 0 Å². The Kier molecular flexibility index (Phi) is 9.46. The van der Waals surface area contributed by atoms with Crippen molar-refractivity contribution in [3.05, 3.63) is 42.5 Å². The van der Waals surface area contributed by atoms with Crippen LogP contribution in [0, 0.1) is 5.92 Å². The molecule has 1 saturated carbocycles. The van der Waals surface area contributed by atoms with Crippen LogP contribution in [0.4, 0.5) is 17.1 Å². The van der Waals surface area contributed by atoms with E-state index in [-0.39, 0.29) is 16.7 Å². The molecule has 1 aliphatic carbocycles. The highest BCUT2D eigenvalue weighted by Crippen LogP contribution is 2.33. The van der Waals surface area contributed by atoms with E-state index < -0.39 is 10.0 Å². The van der Waals surface area contributed by atoms with Gasteiger partial charge in [-0.2, -0.15) is 0 Å². The highest BCUT2D eigenvalue weighted by Gasteiger charge is 2.28. The average Bonchev–Trinajstić information content (AvgIpc) is 3.53. The number of morpholine rings is 1. The molecule has 0 radical (unpaired) electrons. The fourth-order valence-corrected chi connectivity index (χ4v) is 7.09. The van der Waals surface area contributed by atoms with Crippen LogP contribution in [0.3, 0.4) is 0 Å². The number of ether oxygens (including phenoxy) is 2. The van der Waals surface area contributed by atoms with Crippen molar-refractivity contribution >= 4 is 33.0 Å². The van der Waals surface area contributed by atoms with E-state index in [9.17, 15) is 13.2 Å². The lowest BCUT2D eigenvalue weighted by Crippen LogP contribution is -2.47. The Morgan fingerprint density at radius 2 is 1.62 bits per heavy atom. The van der Waals surface area contributed by atoms with Gasteiger partial charge < -0.3 is 24.6 Å². The molecule has 5 rings (SSSR count). The van der Waals surface area contributed by atoms with Gasteiger partial charge in [-0.05, 0) is 43.2 Å². The third kappa shape index (κ3) is 6.88. The maximum absolute atomic E-state index is 13.7. The Hall–Kier alpha value is -2.86. The van der Waals surface area contributed by atoms with Crippen molar-refractivity contribution in [2.45, 2.75) is 30.6 Å². The van der Waals surface area contributed by atoms with Gasteiger partial charge in [0.05, 0.1) is 31.7 Å². The number of piperazine rings is 1. The lowest BCUT2D eigenvalue weighted by Gasteiger charge is -2.38. The van der Waals surface area contributed by atoms with Crippen molar-refractivity contribution < 1.29 is 22.7 Å². The fourth-order valence-electron chi connectivity index (χ4n) is 5.82. The lowest BCUT2D eigenvalue weighted by molar-refractivity contribution is -0.119. The number of nitrogens with one attached hydrogen (secondary N) is 2. The minimum absolute atomic E-state index is 0.00515. The highest BCUT2D eigenvalue weighted by atomic mass is 32.2. The molecule has 3 aliphatic rings. The molecule has 0 unspecified atom stereocenters. The molecule has 3 fully saturated rings. The lowest BCUT2D eigenvalue weighted by atomic mass is 10.1. The molecule has 2 N–H and O–H groups in total. The number of amides is 1. The summed E-state index contributed by atoms with van der Waals surface area (Å²) >= 11 is 0. The number of benzene rings is 2. The van der Waals surface area contributed by atoms with E-state index in [1.54, 1.807) is 13.2 Å². The van der Waals surface area contributed by atoms with E-state index in [1.807, 2.05) is 36.4 Å². The standard InChI is InChI=1S/C29H41N5O5S/c1-38-27-9-5-4-8-25(27)33-14-16-34(17-15-33)26-11-10-24(31-29(35)23-6-2-3-7-23)22-28(26)40(36,37)30-12-13-32-18-20-39-21-19-32/h4-5,8-11,22-23,30H,2-3,6-7,12-21H2,1H3,(H,31,35). The van der Waals surface area contributed by atoms with Crippen LogP contribution in [-0.2, 0) is 19.6 Å². The van der Waals surface area contributed by atoms with Gasteiger partial charge in [0.15, 0.2) is 0 Å². The molecular weight excluding hydrogens is 530 g/mol. The van der Waals surface area contributed by atoms with Crippen LogP contribution >= 0.6 is 0 Å². The van der Waals surface area contributed by atoms with Crippen molar-refractivity contribution in [3.8, 4) is 5.75 Å². The molecule has 0 aromatic heterocycles. The van der Waals surface area contributed by atoms with Gasteiger partial charge >= 0.3 is 0 Å². The van der Waals surface area contributed by atoms with Gasteiger partial charge in [0.2, 0.25) is 15.9 Å². The van der Waals surface area contributed by atoms with Crippen molar-refractivity contribution in [1.29, 1.82) is 0 Å². The Bertz CT molecular complexity index is 1250. The van der Waals surface area contributed by atoms with Crippen LogP contribution < -0.4 is 24.6 Å². The van der Waals surface area contributed by atoms with E-state index in [0.29, 0.717) is 50.8 Å². The van der Waals surface area contributed by atoms with Crippen LogP contribution in [0.1, 0.15) is 25.7 Å². The Morgan fingerprint density at radius 3 is 2.33 bits per heavy atom. The Morgan fingerprint density at radius 1 is 0.950 bits per heavy atom. The summed E-state index contributed by atoms with van der Waals surface area (Å²) in [4.78, 5) is 19.6. The van der Waals surface area contributed by atoms with Crippen molar-refractivity contribution in [2.75, 3.05) is 87.8 Å². The van der Waals surface area contributed by atoms with E-state index in [1.165, 1.54) is 0 Å². The summed E-state index contributed by atoms with van der Waals surface area (Å²) in [7, 11) is -2.16. The zero-order valence-corrected chi connectivity index (χ0v) is 24.1. The summed E-state index contributed by atoms with van der Waals surface area (Å²) in [5.41, 5.74) is 2.20. The third-order valence-corrected chi connectivity index (χ3v) is 9.60. The first-order valence-electron chi connectivity index (χ1n) is 14.3. The van der Waals surface area contributed by atoms with E-state index in [2.05, 4.69) is 24.7 Å². The van der Waals surface area contributed by atoms with Crippen molar-refractivity contribution in [1.82, 2.24) is 9.62 Å². The third-order valence-electron chi connectivity index (χ3n) is 8.11. The molecule has 218 valence electrons. The Labute approximate surface area is 237 Å². The number of carbonyl (C=O) groups excluding carboxylic acids is 1. The molecule has 0 atom stereocenters. The first-order chi connectivity index (χ1) is 19.4. The van der Waals surface area contributed by atoms with Gasteiger partial charge in [-0.15, -0.1) is 0 Å². The smallest absolute Gasteiger partial charge is 0.242 e. The number of para-hydroxylation sites is 2. The normalized spacial score (nSPS) is 19.1. The predicted octanol–water partition coefficient (Wildman–Crippen LogP) is 2.76. The molecular formula is C29H41N5O5S. The number of anilines is 3. The van der Waals surface area contributed by atoms with Crippen molar-refractivity contribution in [2.24, 2.45) is 5.92 Å². The molecule has 2 aliphatic heterocycles. The molecule has 11 heteroatoms. The summed E-state index contributed by atoms with van der Waals surface area (Å²) in [5.74, 6) is 0.791. The van der Waals surface area contributed by atoms with Gasteiger partial charge in [-0.1, -0.05) is 25.0 Å². The highest BCUT2D eigenvalue weighted by molar-refractivity contribution is 7.89. The summed E-state index contributed by atoms with van der Waals surface area (Å²) < 4.78 is 41.1. The molecule has 2 heterocycles. The van der Waals surface area contributed by atoms with E-state index in [0.717, 1.165) is 63.3 Å². The van der Waals surface area contributed by atoms with Crippen LogP contribution in [0.2, 0.25) is 0 Å². The number of rotatable bonds is 10. The van der Waals surface area contributed by atoms with Crippen LogP contribution in [0.5, 0.6) is 5.75 Å². The average molecular weight is 572 g/mol. The number of carbonyl (C=O) groups is 1. The maximum atomic E-state index is 13.7. The number of hydrogen-bond donors (Lipinski definition) is 2. The minimum Gasteiger partial charge on any atom is -0.495 e. The van der Waals surface area contributed by atoms with Gasteiger partial charge in [-0.25, -0.2) is 13.1 Å². The Balaban J connectivity index is 1.33. The van der Waals surface area contributed by atoms with Crippen LogP contribution in [0.15, 0.2) is 47.4 Å². The number of nitrogens with zero attached hydrogens (tertiary/aromatic N) is 3. The molecule has 2 aromatic carbocycles. The summed E-state index contributed by atoms with van der Waals surface area (Å²) in [5, 5.41) is 2.98. The SMILES string of the molecule is COc1ccccc1N1CCN(c2ccc(NC(=O)C3CCCC3)cc2S(=O)(=O)NCCN2CCOCC2)CC1. The van der Waals surface area contributed by atoms with E-state index in [4.69, 9.17) is 9.47 Å². The molecule has 1 amide bonds. The second-order valence-electron chi connectivity index (χ2n) is 10.7. The van der Waals surface area contributed by atoms with Gasteiger partial charge in [0.1, 0.15) is 10.6 Å². The minimum atomic E-state index is -3.83. The number of sulfonamides is 1. The number of hydrogen-bond acceptors (Lipinski definition) is 8. The van der Waals surface area contributed by atoms with Crippen molar-refractivity contribution in [3.63, 3.8) is 0 Å². The molecule has 10 nitrogen and oxygen atoms in total. The quantitative estimate of drug-likeness (QED) is 0.449. The van der Waals surface area contributed by atoms with Gasteiger partial charge in [0.25, 0.3) is 0 Å². The summed E-state index contributed by atoms with van der Waals surface area (Å²) in [6.45, 7) is 6.62. The van der Waals surface area contributed by atoms with E-state index >= 15 is 0 Å². The molecule has 2 saturated heterocycles. The zero-order chi connectivity index (χ0) is 28.0. The molecule has 0 bridgehead atoms. The fraction of sp³-hybridized carbons (Fsp3) is 0.552. The molecule has 2 aromatic rings. The van der Waals surface area contributed by atoms with Gasteiger partial charge in [0, 0.05) is 64.0 Å². The molecule has 0 spiro atoms. The first kappa shape index (κ1) is 28.7. The largest absolute Gasteiger partial charge is 0.495 e. The first-order valence-corrected chi connectivity index (χ1v) is 15.8. The van der Waals surface area contributed by atoms with Crippen LogP contribution in [-0.4, -0.2) is 91.9 Å². The topological polar surface area (TPSA) is 103 Å². The number of methoxy groups -OCH3 is 1. The summed E-state index contributed by atoms with van der Waals surface area (Å²) in [6.07, 6.45) is 3.89. The monoisotopic (exact) mass is 571 g/mol. The second-order valence-corrected chi connectivity index (χ2v) is 12.4. The zero-order valence-electron chi connectivity index (χ0n) is 23.3. The second kappa shape index (κ2) is 13.2. The van der Waals surface area contributed by atoms with Gasteiger partial charge in [-0.3, -0.25) is 9.69 Å².